The Bertz CT molecular complexity index is 958. The van der Waals surface area contributed by atoms with Gasteiger partial charge in [-0.1, -0.05) is 78.0 Å². The van der Waals surface area contributed by atoms with Crippen LogP contribution >= 0.6 is 11.8 Å². The summed E-state index contributed by atoms with van der Waals surface area (Å²) in [6.07, 6.45) is 0. The molecule has 0 amide bonds. The van der Waals surface area contributed by atoms with Crippen LogP contribution < -0.4 is 0 Å². The van der Waals surface area contributed by atoms with E-state index in [1.165, 1.54) is 17.3 Å². The van der Waals surface area contributed by atoms with Crippen LogP contribution in [-0.4, -0.2) is 5.78 Å². The van der Waals surface area contributed by atoms with Crippen LogP contribution in [0.3, 0.4) is 0 Å². The van der Waals surface area contributed by atoms with Crippen molar-refractivity contribution in [1.82, 2.24) is 0 Å². The highest BCUT2D eigenvalue weighted by atomic mass is 32.2. The third-order valence-electron chi connectivity index (χ3n) is 4.27. The van der Waals surface area contributed by atoms with Crippen LogP contribution in [0.4, 0.5) is 0 Å². The van der Waals surface area contributed by atoms with Gasteiger partial charge in [0.2, 0.25) is 0 Å². The molecule has 0 fully saturated rings. The summed E-state index contributed by atoms with van der Waals surface area (Å²) < 4.78 is -0.776. The Labute approximate surface area is 158 Å². The van der Waals surface area contributed by atoms with Gasteiger partial charge in [-0.05, 0) is 37.6 Å². The largest absolute Gasteiger partial charge is 0.289 e. The molecular weight excluding hydrogens is 338 g/mol. The maximum atomic E-state index is 12.7. The van der Waals surface area contributed by atoms with Crippen molar-refractivity contribution in [3.05, 3.63) is 101 Å². The van der Waals surface area contributed by atoms with Gasteiger partial charge in [0.25, 0.3) is 0 Å². The zero-order valence-corrected chi connectivity index (χ0v) is 15.6. The number of hydrogen-bond donors (Lipinski definition) is 0. The zero-order valence-electron chi connectivity index (χ0n) is 14.8. The first kappa shape index (κ1) is 18.0. The molecule has 0 bridgehead atoms. The number of nitrogens with zero attached hydrogens (tertiary/aromatic N) is 1. The predicted octanol–water partition coefficient (Wildman–Crippen LogP) is 5.76. The monoisotopic (exact) mass is 357 g/mol. The summed E-state index contributed by atoms with van der Waals surface area (Å²) in [6.45, 7) is 3.93. The molecule has 2 nitrogen and oxygen atoms in total. The molecule has 1 unspecified atom stereocenters. The fourth-order valence-electron chi connectivity index (χ4n) is 2.70. The quantitative estimate of drug-likeness (QED) is 0.431. The van der Waals surface area contributed by atoms with Crippen molar-refractivity contribution in [3.63, 3.8) is 0 Å². The molecule has 0 saturated heterocycles. The number of aryl methyl sites for hydroxylation is 1. The third-order valence-corrected chi connectivity index (χ3v) is 5.51. The fourth-order valence-corrected chi connectivity index (χ4v) is 3.74. The topological polar surface area (TPSA) is 40.9 Å². The van der Waals surface area contributed by atoms with E-state index in [1.807, 2.05) is 74.5 Å². The van der Waals surface area contributed by atoms with E-state index in [0.717, 1.165) is 10.5 Å². The van der Waals surface area contributed by atoms with Gasteiger partial charge >= 0.3 is 0 Å². The molecule has 0 N–H and O–H groups in total. The Morgan fingerprint density at radius 3 is 2.23 bits per heavy atom. The van der Waals surface area contributed by atoms with Crippen molar-refractivity contribution in [2.75, 3.05) is 0 Å². The zero-order chi connectivity index (χ0) is 18.6. The molecule has 0 spiro atoms. The van der Waals surface area contributed by atoms with E-state index >= 15 is 0 Å². The molecule has 0 aliphatic rings. The SMILES string of the molecule is Cc1ccc(SC(C)(C#N)c2cccc(C(=O)c3ccccc3)c2)cc1. The fraction of sp³-hybridized carbons (Fsp3) is 0.130. The highest BCUT2D eigenvalue weighted by Gasteiger charge is 2.28. The lowest BCUT2D eigenvalue weighted by molar-refractivity contribution is 0.103. The van der Waals surface area contributed by atoms with Crippen LogP contribution in [0.15, 0.2) is 83.8 Å². The minimum Gasteiger partial charge on any atom is -0.289 e. The first-order valence-electron chi connectivity index (χ1n) is 8.39. The minimum absolute atomic E-state index is 0.0342. The summed E-state index contributed by atoms with van der Waals surface area (Å²) in [6, 6.07) is 27.1. The normalized spacial score (nSPS) is 12.8. The van der Waals surface area contributed by atoms with E-state index < -0.39 is 4.75 Å². The summed E-state index contributed by atoms with van der Waals surface area (Å²) in [5.41, 5.74) is 3.25. The minimum atomic E-state index is -0.776. The van der Waals surface area contributed by atoms with E-state index in [4.69, 9.17) is 0 Å². The van der Waals surface area contributed by atoms with Crippen molar-refractivity contribution >= 4 is 17.5 Å². The van der Waals surface area contributed by atoms with Gasteiger partial charge in [-0.15, -0.1) is 0 Å². The molecule has 3 aromatic rings. The Kier molecular flexibility index (Phi) is 5.25. The lowest BCUT2D eigenvalue weighted by Crippen LogP contribution is -2.15. The molecule has 3 aromatic carbocycles. The Morgan fingerprint density at radius 2 is 1.58 bits per heavy atom. The van der Waals surface area contributed by atoms with Gasteiger partial charge in [0.1, 0.15) is 4.75 Å². The molecule has 0 radical (unpaired) electrons. The average Bonchev–Trinajstić information content (AvgIpc) is 2.70. The van der Waals surface area contributed by atoms with Crippen LogP contribution in [0.5, 0.6) is 0 Å². The molecule has 0 heterocycles. The number of hydrogen-bond acceptors (Lipinski definition) is 3. The number of carbonyl (C=O) groups is 1. The van der Waals surface area contributed by atoms with Crippen molar-refractivity contribution in [3.8, 4) is 6.07 Å². The lowest BCUT2D eigenvalue weighted by atomic mass is 9.96. The molecular formula is C23H19NOS. The number of carbonyl (C=O) groups excluding carboxylic acids is 1. The van der Waals surface area contributed by atoms with Crippen LogP contribution in [-0.2, 0) is 4.75 Å². The van der Waals surface area contributed by atoms with Crippen LogP contribution in [0.1, 0.15) is 34.0 Å². The molecule has 0 aliphatic heterocycles. The second kappa shape index (κ2) is 7.59. The molecule has 128 valence electrons. The van der Waals surface area contributed by atoms with Crippen molar-refractivity contribution in [2.45, 2.75) is 23.5 Å². The molecule has 1 atom stereocenters. The van der Waals surface area contributed by atoms with E-state index in [2.05, 4.69) is 6.07 Å². The summed E-state index contributed by atoms with van der Waals surface area (Å²) >= 11 is 1.50. The van der Waals surface area contributed by atoms with Crippen LogP contribution in [0.25, 0.3) is 0 Å². The van der Waals surface area contributed by atoms with Gasteiger partial charge in [-0.25, -0.2) is 0 Å². The van der Waals surface area contributed by atoms with Gasteiger partial charge in [-0.2, -0.15) is 5.26 Å². The second-order valence-corrected chi connectivity index (χ2v) is 7.83. The molecule has 3 rings (SSSR count). The molecule has 3 heteroatoms. The van der Waals surface area contributed by atoms with Gasteiger partial charge in [0.15, 0.2) is 5.78 Å². The number of thioether (sulfide) groups is 1. The summed E-state index contributed by atoms with van der Waals surface area (Å²) in [7, 11) is 0. The first-order valence-corrected chi connectivity index (χ1v) is 9.21. The highest BCUT2D eigenvalue weighted by Crippen LogP contribution is 2.41. The Morgan fingerprint density at radius 1 is 0.923 bits per heavy atom. The van der Waals surface area contributed by atoms with Crippen molar-refractivity contribution < 1.29 is 4.79 Å². The van der Waals surface area contributed by atoms with Gasteiger partial charge in [0, 0.05) is 16.0 Å². The number of ketones is 1. The first-order chi connectivity index (χ1) is 12.5. The van der Waals surface area contributed by atoms with E-state index in [-0.39, 0.29) is 5.78 Å². The summed E-state index contributed by atoms with van der Waals surface area (Å²) in [5, 5.41) is 9.85. The van der Waals surface area contributed by atoms with Crippen molar-refractivity contribution in [2.24, 2.45) is 0 Å². The van der Waals surface area contributed by atoms with E-state index in [9.17, 15) is 10.1 Å². The van der Waals surface area contributed by atoms with E-state index in [0.29, 0.717) is 11.1 Å². The van der Waals surface area contributed by atoms with E-state index in [1.54, 1.807) is 18.2 Å². The third kappa shape index (κ3) is 3.87. The molecule has 0 aliphatic carbocycles. The smallest absolute Gasteiger partial charge is 0.193 e. The number of rotatable bonds is 5. The van der Waals surface area contributed by atoms with Gasteiger partial charge < -0.3 is 0 Å². The van der Waals surface area contributed by atoms with Crippen LogP contribution in [0, 0.1) is 18.3 Å². The van der Waals surface area contributed by atoms with Gasteiger partial charge in [-0.3, -0.25) is 4.79 Å². The highest BCUT2D eigenvalue weighted by molar-refractivity contribution is 8.00. The lowest BCUT2D eigenvalue weighted by Gasteiger charge is -2.22. The summed E-state index contributed by atoms with van der Waals surface area (Å²) in [4.78, 5) is 13.7. The molecule has 0 aromatic heterocycles. The molecule has 0 saturated carbocycles. The number of benzene rings is 3. The maximum Gasteiger partial charge on any atom is 0.193 e. The Balaban J connectivity index is 1.93. The average molecular weight is 357 g/mol. The van der Waals surface area contributed by atoms with Gasteiger partial charge in [0.05, 0.1) is 6.07 Å². The Hall–Kier alpha value is -2.83. The second-order valence-electron chi connectivity index (χ2n) is 6.34. The predicted molar refractivity (Wildman–Crippen MR) is 106 cm³/mol. The standard InChI is InChI=1S/C23H19NOS/c1-17-11-13-21(14-12-17)26-23(2,16-24)20-10-6-9-19(15-20)22(25)18-7-4-3-5-8-18/h3-15H,1-2H3. The number of nitriles is 1. The van der Waals surface area contributed by atoms with Crippen LogP contribution in [0.2, 0.25) is 0 Å². The summed E-state index contributed by atoms with van der Waals surface area (Å²) in [5.74, 6) is -0.0342. The molecule has 26 heavy (non-hydrogen) atoms. The van der Waals surface area contributed by atoms with Crippen molar-refractivity contribution in [1.29, 1.82) is 5.26 Å². The maximum absolute atomic E-state index is 12.7.